The van der Waals surface area contributed by atoms with E-state index in [4.69, 9.17) is 0 Å². The third kappa shape index (κ3) is 3.47. The van der Waals surface area contributed by atoms with E-state index in [0.29, 0.717) is 33.8 Å². The first-order chi connectivity index (χ1) is 14.5. The monoisotopic (exact) mass is 425 g/mol. The van der Waals surface area contributed by atoms with Crippen LogP contribution in [-0.4, -0.2) is 27.3 Å². The molecule has 1 atom stereocenters. The zero-order chi connectivity index (χ0) is 20.9. The number of hydrogen-bond acceptors (Lipinski definition) is 4. The molecule has 0 spiro atoms. The van der Waals surface area contributed by atoms with Crippen LogP contribution in [0.1, 0.15) is 52.4 Å². The van der Waals surface area contributed by atoms with Crippen molar-refractivity contribution in [2.45, 2.75) is 70.1 Å². The van der Waals surface area contributed by atoms with Crippen molar-refractivity contribution in [2.75, 3.05) is 5.75 Å². The van der Waals surface area contributed by atoms with Gasteiger partial charge in [0.05, 0.1) is 16.7 Å². The van der Waals surface area contributed by atoms with E-state index in [9.17, 15) is 9.59 Å². The van der Waals surface area contributed by atoms with Crippen molar-refractivity contribution in [3.8, 4) is 0 Å². The van der Waals surface area contributed by atoms with E-state index in [-0.39, 0.29) is 17.5 Å². The van der Waals surface area contributed by atoms with Gasteiger partial charge >= 0.3 is 0 Å². The topological polar surface area (TPSA) is 64.0 Å². The number of fused-ring (bicyclic) bond motifs is 1. The third-order valence-corrected chi connectivity index (χ3v) is 8.83. The second-order valence-electron chi connectivity index (χ2n) is 9.82. The fourth-order valence-corrected chi connectivity index (χ4v) is 7.69. The molecule has 1 aromatic heterocycles. The van der Waals surface area contributed by atoms with E-state index >= 15 is 0 Å². The number of carbonyl (C=O) groups is 1. The summed E-state index contributed by atoms with van der Waals surface area (Å²) in [5.74, 6) is 2.98. The van der Waals surface area contributed by atoms with Crippen LogP contribution >= 0.6 is 11.8 Å². The minimum absolute atomic E-state index is 0.0343. The summed E-state index contributed by atoms with van der Waals surface area (Å²) in [6.07, 6.45) is 8.10. The van der Waals surface area contributed by atoms with Crippen molar-refractivity contribution >= 4 is 28.6 Å². The molecular formula is C24H31N3O2S. The summed E-state index contributed by atoms with van der Waals surface area (Å²) in [4.78, 5) is 30.3. The molecule has 4 saturated carbocycles. The highest BCUT2D eigenvalue weighted by Gasteiger charge is 2.53. The number of hydrogen-bond donors (Lipinski definition) is 1. The molecule has 4 fully saturated rings. The van der Waals surface area contributed by atoms with Crippen molar-refractivity contribution in [3.05, 3.63) is 34.6 Å². The predicted octanol–water partition coefficient (Wildman–Crippen LogP) is 4.23. The van der Waals surface area contributed by atoms with Crippen LogP contribution < -0.4 is 10.9 Å². The van der Waals surface area contributed by atoms with Gasteiger partial charge in [-0.2, -0.15) is 0 Å². The number of amides is 1. The Kier molecular flexibility index (Phi) is 5.16. The Bertz CT molecular complexity index is 995. The fraction of sp³-hybridized carbons (Fsp3) is 0.625. The Morgan fingerprint density at radius 1 is 1.20 bits per heavy atom. The number of thioether (sulfide) groups is 1. The van der Waals surface area contributed by atoms with Crippen LogP contribution in [0.4, 0.5) is 0 Å². The molecule has 0 saturated heterocycles. The zero-order valence-corrected chi connectivity index (χ0v) is 18.7. The Morgan fingerprint density at radius 2 is 1.83 bits per heavy atom. The molecule has 4 aliphatic rings. The second-order valence-corrected chi connectivity index (χ2v) is 10.8. The maximum Gasteiger partial charge on any atom is 0.262 e. The number of benzene rings is 1. The van der Waals surface area contributed by atoms with Crippen LogP contribution in [0.25, 0.3) is 10.9 Å². The molecule has 4 aliphatic carbocycles. The first kappa shape index (κ1) is 20.1. The lowest BCUT2D eigenvalue weighted by Crippen LogP contribution is -2.56. The van der Waals surface area contributed by atoms with Gasteiger partial charge in [-0.1, -0.05) is 23.9 Å². The van der Waals surface area contributed by atoms with Gasteiger partial charge in [-0.05, 0) is 87.7 Å². The second kappa shape index (κ2) is 7.70. The van der Waals surface area contributed by atoms with E-state index in [0.717, 1.165) is 17.8 Å². The van der Waals surface area contributed by atoms with Crippen LogP contribution in [0.2, 0.25) is 0 Å². The smallest absolute Gasteiger partial charge is 0.262 e. The predicted molar refractivity (Wildman–Crippen MR) is 121 cm³/mol. The summed E-state index contributed by atoms with van der Waals surface area (Å²) in [6, 6.07) is 7.63. The number of carbonyl (C=O) groups excluding carboxylic acids is 1. The van der Waals surface area contributed by atoms with Crippen LogP contribution in [-0.2, 0) is 11.3 Å². The minimum atomic E-state index is -0.0343. The lowest BCUT2D eigenvalue weighted by molar-refractivity contribution is -0.123. The summed E-state index contributed by atoms with van der Waals surface area (Å²) in [7, 11) is 0. The first-order valence-corrected chi connectivity index (χ1v) is 12.4. The van der Waals surface area contributed by atoms with Crippen molar-refractivity contribution in [2.24, 2.45) is 23.2 Å². The van der Waals surface area contributed by atoms with Crippen molar-refractivity contribution in [3.63, 3.8) is 0 Å². The zero-order valence-electron chi connectivity index (χ0n) is 17.9. The third-order valence-electron chi connectivity index (χ3n) is 7.86. The molecule has 30 heavy (non-hydrogen) atoms. The van der Waals surface area contributed by atoms with Gasteiger partial charge in [0.1, 0.15) is 0 Å². The average Bonchev–Trinajstić information content (AvgIpc) is 2.71. The van der Waals surface area contributed by atoms with E-state index in [1.165, 1.54) is 50.3 Å². The van der Waals surface area contributed by atoms with Gasteiger partial charge in [0, 0.05) is 12.6 Å². The van der Waals surface area contributed by atoms with Crippen LogP contribution in [0, 0.1) is 23.2 Å². The Hall–Kier alpha value is -1.82. The largest absolute Gasteiger partial charge is 0.352 e. The minimum Gasteiger partial charge on any atom is -0.352 e. The average molecular weight is 426 g/mol. The van der Waals surface area contributed by atoms with Gasteiger partial charge in [-0.25, -0.2) is 4.98 Å². The first-order valence-electron chi connectivity index (χ1n) is 11.4. The lowest BCUT2D eigenvalue weighted by Gasteiger charge is -2.59. The highest BCUT2D eigenvalue weighted by molar-refractivity contribution is 7.99. The number of aromatic nitrogens is 2. The summed E-state index contributed by atoms with van der Waals surface area (Å²) in [5, 5.41) is 4.57. The van der Waals surface area contributed by atoms with Gasteiger partial charge in [-0.15, -0.1) is 0 Å². The Morgan fingerprint density at radius 3 is 2.47 bits per heavy atom. The molecule has 160 valence electrons. The number of rotatable bonds is 6. The van der Waals surface area contributed by atoms with E-state index < -0.39 is 0 Å². The molecule has 1 N–H and O–H groups in total. The quantitative estimate of drug-likeness (QED) is 0.556. The SMILES string of the molecule is CCn1c(SCC(=O)N[C@H](C)C23CC4CC(CC(C4)C2)C3)nc2ccccc2c1=O. The molecule has 6 heteroatoms. The lowest BCUT2D eigenvalue weighted by atomic mass is 9.48. The normalized spacial score (nSPS) is 30.5. The van der Waals surface area contributed by atoms with Crippen LogP contribution in [0.5, 0.6) is 0 Å². The fourth-order valence-electron chi connectivity index (χ4n) is 6.81. The van der Waals surface area contributed by atoms with Crippen molar-refractivity contribution in [1.82, 2.24) is 14.9 Å². The molecule has 4 bridgehead atoms. The summed E-state index contributed by atoms with van der Waals surface area (Å²) in [5.41, 5.74) is 0.965. The summed E-state index contributed by atoms with van der Waals surface area (Å²) >= 11 is 1.37. The Balaban J connectivity index is 1.27. The molecule has 1 amide bonds. The van der Waals surface area contributed by atoms with Crippen LogP contribution in [0.15, 0.2) is 34.2 Å². The highest BCUT2D eigenvalue weighted by Crippen LogP contribution is 2.61. The number of para-hydroxylation sites is 1. The molecule has 0 radical (unpaired) electrons. The van der Waals surface area contributed by atoms with Crippen LogP contribution in [0.3, 0.4) is 0 Å². The molecule has 6 rings (SSSR count). The molecule has 0 aliphatic heterocycles. The van der Waals surface area contributed by atoms with E-state index in [1.54, 1.807) is 4.57 Å². The van der Waals surface area contributed by atoms with Gasteiger partial charge in [-0.3, -0.25) is 14.2 Å². The molecule has 1 heterocycles. The molecule has 5 nitrogen and oxygen atoms in total. The summed E-state index contributed by atoms with van der Waals surface area (Å²) < 4.78 is 1.67. The molecular weight excluding hydrogens is 394 g/mol. The standard InChI is InChI=1S/C24H31N3O2S/c1-3-27-22(29)19-6-4-5-7-20(19)26-23(27)30-14-21(28)25-15(2)24-11-16-8-17(12-24)10-18(9-16)13-24/h4-7,15-18H,3,8-14H2,1-2H3,(H,25,28)/t15-,16?,17?,18?,24?/m1/s1. The Labute approximate surface area is 182 Å². The van der Waals surface area contributed by atoms with Gasteiger partial charge in [0.15, 0.2) is 5.16 Å². The van der Waals surface area contributed by atoms with E-state index in [2.05, 4.69) is 17.2 Å². The van der Waals surface area contributed by atoms with Gasteiger partial charge < -0.3 is 5.32 Å². The van der Waals surface area contributed by atoms with E-state index in [1.807, 2.05) is 31.2 Å². The maximum absolute atomic E-state index is 12.8. The highest BCUT2D eigenvalue weighted by atomic mass is 32.2. The molecule has 0 unspecified atom stereocenters. The van der Waals surface area contributed by atoms with Crippen molar-refractivity contribution < 1.29 is 4.79 Å². The van der Waals surface area contributed by atoms with Crippen molar-refractivity contribution in [1.29, 1.82) is 0 Å². The number of nitrogens with zero attached hydrogens (tertiary/aromatic N) is 2. The molecule has 2 aromatic rings. The number of nitrogens with one attached hydrogen (secondary N) is 1. The maximum atomic E-state index is 12.8. The van der Waals surface area contributed by atoms with Gasteiger partial charge in [0.2, 0.25) is 5.91 Å². The van der Waals surface area contributed by atoms with Gasteiger partial charge in [0.25, 0.3) is 5.56 Å². The molecule has 1 aromatic carbocycles. The summed E-state index contributed by atoms with van der Waals surface area (Å²) in [6.45, 7) is 4.70.